The van der Waals surface area contributed by atoms with E-state index < -0.39 is 16.5 Å². The summed E-state index contributed by atoms with van der Waals surface area (Å²) in [6.07, 6.45) is 6.38. The Balaban J connectivity index is 1.32. The zero-order valence-corrected chi connectivity index (χ0v) is 22.4. The van der Waals surface area contributed by atoms with E-state index in [0.717, 1.165) is 72.3 Å². The van der Waals surface area contributed by atoms with Crippen molar-refractivity contribution < 1.29 is 19.5 Å². The van der Waals surface area contributed by atoms with Crippen LogP contribution in [0.1, 0.15) is 68.6 Å². The highest BCUT2D eigenvalue weighted by molar-refractivity contribution is 6.08. The number of aliphatic imine (C=N–C) groups is 1. The quantitative estimate of drug-likeness (QED) is 0.253. The third-order valence-corrected chi connectivity index (χ3v) is 7.41. The highest BCUT2D eigenvalue weighted by atomic mass is 16.9. The molecule has 2 aromatic carbocycles. The molecule has 12 heteroatoms. The molecule has 1 aliphatic heterocycles. The van der Waals surface area contributed by atoms with Gasteiger partial charge < -0.3 is 4.84 Å². The summed E-state index contributed by atoms with van der Waals surface area (Å²) < 4.78 is 0. The number of hydrogen-bond donors (Lipinski definition) is 0. The predicted octanol–water partition coefficient (Wildman–Crippen LogP) is 4.49. The summed E-state index contributed by atoms with van der Waals surface area (Å²) in [7, 11) is 0. The van der Waals surface area contributed by atoms with E-state index in [9.17, 15) is 19.7 Å². The van der Waals surface area contributed by atoms with Gasteiger partial charge in [0.15, 0.2) is 0 Å². The van der Waals surface area contributed by atoms with Gasteiger partial charge in [0.1, 0.15) is 18.0 Å². The Morgan fingerprint density at radius 3 is 2.52 bits per heavy atom. The monoisotopic (exact) mass is 545 g/mol. The molecule has 0 bridgehead atoms. The largest absolute Gasteiger partial charge is 0.313 e. The van der Waals surface area contributed by atoms with Gasteiger partial charge in [-0.25, -0.2) is 0 Å². The molecule has 0 radical (unpaired) electrons. The van der Waals surface area contributed by atoms with Crippen LogP contribution in [0.2, 0.25) is 0 Å². The number of benzene rings is 2. The van der Waals surface area contributed by atoms with Gasteiger partial charge in [-0.3, -0.25) is 19.5 Å². The van der Waals surface area contributed by atoms with Crippen molar-refractivity contribution in [2.24, 2.45) is 4.99 Å². The van der Waals surface area contributed by atoms with E-state index in [0.29, 0.717) is 12.1 Å². The molecular weight excluding hydrogens is 514 g/mol. The molecule has 3 aromatic rings. The zero-order chi connectivity index (χ0) is 28.1. The van der Waals surface area contributed by atoms with Crippen molar-refractivity contribution in [2.45, 2.75) is 70.4 Å². The highest BCUT2D eigenvalue weighted by Gasteiger charge is 2.49. The van der Waals surface area contributed by atoms with Crippen LogP contribution >= 0.6 is 0 Å². The van der Waals surface area contributed by atoms with E-state index in [1.165, 1.54) is 0 Å². The lowest BCUT2D eigenvalue weighted by Crippen LogP contribution is -2.40. The van der Waals surface area contributed by atoms with E-state index in [1.807, 2.05) is 53.4 Å². The summed E-state index contributed by atoms with van der Waals surface area (Å²) in [5.41, 5.74) is 2.92. The Labute approximate surface area is 231 Å². The van der Waals surface area contributed by atoms with Gasteiger partial charge in [-0.1, -0.05) is 79.5 Å². The molecule has 1 spiro atoms. The Bertz CT molecular complexity index is 1430. The van der Waals surface area contributed by atoms with Crippen LogP contribution in [0.3, 0.4) is 0 Å². The van der Waals surface area contributed by atoms with Gasteiger partial charge in [-0.05, 0) is 41.2 Å². The van der Waals surface area contributed by atoms with Crippen LogP contribution in [0, 0.1) is 10.1 Å². The SMILES string of the molecule is CCCCC1=NC2(CCCC2)C(=O)N1Cc1ccc(-c2ccccc2-c2nnn(C(=O)CCO[N+](=O)[O-])n2)cc1. The highest BCUT2D eigenvalue weighted by Crippen LogP contribution is 2.40. The normalized spacial score (nSPS) is 16.0. The number of amidine groups is 1. The number of carbonyl (C=O) groups excluding carboxylic acids is 2. The third kappa shape index (κ3) is 5.61. The molecule has 1 aromatic heterocycles. The Morgan fingerprint density at radius 2 is 1.82 bits per heavy atom. The average molecular weight is 546 g/mol. The summed E-state index contributed by atoms with van der Waals surface area (Å²) in [6, 6.07) is 15.5. The first kappa shape index (κ1) is 27.1. The van der Waals surface area contributed by atoms with Crippen LogP contribution in [-0.2, 0) is 16.2 Å². The number of nitrogens with zero attached hydrogens (tertiary/aromatic N) is 7. The average Bonchev–Trinajstić information content (AvgIpc) is 3.70. The zero-order valence-electron chi connectivity index (χ0n) is 22.4. The fraction of sp³-hybridized carbons (Fsp3) is 0.429. The summed E-state index contributed by atoms with van der Waals surface area (Å²) in [5.74, 6) is 0.737. The molecule has 1 aliphatic carbocycles. The molecule has 1 saturated carbocycles. The number of rotatable bonds is 11. The van der Waals surface area contributed by atoms with Crippen molar-refractivity contribution in [1.29, 1.82) is 0 Å². The topological polar surface area (TPSA) is 146 Å². The minimum Gasteiger partial charge on any atom is -0.313 e. The van der Waals surface area contributed by atoms with Crippen LogP contribution in [0.4, 0.5) is 0 Å². The Hall–Kier alpha value is -4.48. The minimum absolute atomic E-state index is 0.138. The molecule has 0 saturated heterocycles. The number of amides is 1. The number of aromatic nitrogens is 4. The third-order valence-electron chi connectivity index (χ3n) is 7.41. The van der Waals surface area contributed by atoms with Gasteiger partial charge in [0.25, 0.3) is 16.9 Å². The van der Waals surface area contributed by atoms with Gasteiger partial charge in [0, 0.05) is 12.0 Å². The summed E-state index contributed by atoms with van der Waals surface area (Å²) >= 11 is 0. The first-order valence-electron chi connectivity index (χ1n) is 13.6. The lowest BCUT2D eigenvalue weighted by Gasteiger charge is -2.23. The second kappa shape index (κ2) is 11.7. The minimum atomic E-state index is -0.955. The Kier molecular flexibility index (Phi) is 7.94. The second-order valence-electron chi connectivity index (χ2n) is 10.1. The van der Waals surface area contributed by atoms with Crippen molar-refractivity contribution in [3.63, 3.8) is 0 Å². The van der Waals surface area contributed by atoms with Crippen LogP contribution in [0.5, 0.6) is 0 Å². The molecule has 40 heavy (non-hydrogen) atoms. The first-order chi connectivity index (χ1) is 19.4. The van der Waals surface area contributed by atoms with E-state index >= 15 is 0 Å². The van der Waals surface area contributed by atoms with Gasteiger partial charge in [-0.15, -0.1) is 20.3 Å². The molecule has 0 N–H and O–H groups in total. The summed E-state index contributed by atoms with van der Waals surface area (Å²) in [4.78, 5) is 47.9. The maximum Gasteiger partial charge on any atom is 0.294 e. The first-order valence-corrected chi connectivity index (χ1v) is 13.6. The number of tetrazole rings is 1. The fourth-order valence-corrected chi connectivity index (χ4v) is 5.34. The molecule has 0 unspecified atom stereocenters. The molecule has 5 rings (SSSR count). The van der Waals surface area contributed by atoms with Crippen molar-refractivity contribution in [3.8, 4) is 22.5 Å². The predicted molar refractivity (Wildman–Crippen MR) is 146 cm³/mol. The molecule has 2 aliphatic rings. The lowest BCUT2D eigenvalue weighted by molar-refractivity contribution is -0.757. The molecule has 1 fully saturated rings. The molecule has 1 amide bonds. The van der Waals surface area contributed by atoms with Crippen LogP contribution in [-0.4, -0.2) is 60.0 Å². The van der Waals surface area contributed by atoms with E-state index in [2.05, 4.69) is 27.2 Å². The smallest absolute Gasteiger partial charge is 0.294 e. The van der Waals surface area contributed by atoms with Crippen LogP contribution < -0.4 is 0 Å². The molecular formula is C28H31N7O5. The van der Waals surface area contributed by atoms with Gasteiger partial charge in [0.2, 0.25) is 5.82 Å². The molecule has 12 nitrogen and oxygen atoms in total. The lowest BCUT2D eigenvalue weighted by atomic mass is 9.97. The van der Waals surface area contributed by atoms with Gasteiger partial charge in [0.05, 0.1) is 13.0 Å². The van der Waals surface area contributed by atoms with Crippen molar-refractivity contribution in [3.05, 3.63) is 64.2 Å². The van der Waals surface area contributed by atoms with Crippen LogP contribution in [0.25, 0.3) is 22.5 Å². The van der Waals surface area contributed by atoms with Gasteiger partial charge in [-0.2, -0.15) is 0 Å². The Morgan fingerprint density at radius 1 is 1.10 bits per heavy atom. The summed E-state index contributed by atoms with van der Waals surface area (Å²) in [5, 5.41) is 21.4. The summed E-state index contributed by atoms with van der Waals surface area (Å²) in [6.45, 7) is 2.25. The number of carbonyl (C=O) groups is 2. The van der Waals surface area contributed by atoms with E-state index in [1.54, 1.807) is 0 Å². The second-order valence-corrected chi connectivity index (χ2v) is 10.1. The fourth-order valence-electron chi connectivity index (χ4n) is 5.34. The van der Waals surface area contributed by atoms with Crippen LogP contribution in [0.15, 0.2) is 53.5 Å². The standard InChI is InChI=1S/C28H31N7O5/c1-2-3-10-24-29-28(16-6-7-17-28)27(37)33(24)19-20-11-13-21(14-12-20)22-8-4-5-9-23(22)26-30-32-34(31-26)25(36)15-18-40-35(38)39/h4-5,8-9,11-14H,2-3,6-7,10,15-19H2,1H3. The maximum absolute atomic E-state index is 13.5. The molecule has 2 heterocycles. The van der Waals surface area contributed by atoms with E-state index in [-0.39, 0.29) is 24.8 Å². The van der Waals surface area contributed by atoms with Gasteiger partial charge >= 0.3 is 0 Å². The molecule has 0 atom stereocenters. The van der Waals surface area contributed by atoms with E-state index in [4.69, 9.17) is 4.99 Å². The van der Waals surface area contributed by atoms with Crippen molar-refractivity contribution >= 4 is 17.6 Å². The maximum atomic E-state index is 13.5. The number of unbranched alkanes of at least 4 members (excludes halogenated alkanes) is 1. The number of hydrogen-bond acceptors (Lipinski definition) is 9. The van der Waals surface area contributed by atoms with Crippen molar-refractivity contribution in [1.82, 2.24) is 25.1 Å². The van der Waals surface area contributed by atoms with Crippen molar-refractivity contribution in [2.75, 3.05) is 6.61 Å². The molecule has 208 valence electrons.